The van der Waals surface area contributed by atoms with E-state index >= 15 is 0 Å². The first kappa shape index (κ1) is 13.9. The van der Waals surface area contributed by atoms with E-state index in [4.69, 9.17) is 0 Å². The van der Waals surface area contributed by atoms with Gasteiger partial charge in [0, 0.05) is 29.7 Å². The first-order chi connectivity index (χ1) is 10.2. The molecule has 0 saturated heterocycles. The van der Waals surface area contributed by atoms with Crippen molar-refractivity contribution in [1.29, 1.82) is 0 Å². The van der Waals surface area contributed by atoms with Crippen molar-refractivity contribution in [2.75, 3.05) is 0 Å². The second-order valence-corrected chi connectivity index (χ2v) is 5.62. The number of benzene rings is 1. The molecule has 3 nitrogen and oxygen atoms in total. The van der Waals surface area contributed by atoms with Crippen LogP contribution in [0, 0.1) is 5.82 Å². The van der Waals surface area contributed by atoms with E-state index in [2.05, 4.69) is 26.0 Å². The minimum absolute atomic E-state index is 0.0666. The summed E-state index contributed by atoms with van der Waals surface area (Å²) in [4.78, 5) is 4.01. The third-order valence-electron chi connectivity index (χ3n) is 3.45. The normalized spacial score (nSPS) is 12.3. The highest BCUT2D eigenvalue weighted by molar-refractivity contribution is 9.10. The Kier molecular flexibility index (Phi) is 3.84. The second-order valence-electron chi connectivity index (χ2n) is 4.77. The zero-order valence-corrected chi connectivity index (χ0v) is 13.0. The van der Waals surface area contributed by atoms with Crippen molar-refractivity contribution >= 4 is 15.9 Å². The molecule has 2 heterocycles. The molecular formula is C16H13BrFN3. The van der Waals surface area contributed by atoms with Gasteiger partial charge in [0.2, 0.25) is 0 Å². The van der Waals surface area contributed by atoms with Crippen molar-refractivity contribution in [1.82, 2.24) is 14.8 Å². The van der Waals surface area contributed by atoms with Gasteiger partial charge < -0.3 is 0 Å². The summed E-state index contributed by atoms with van der Waals surface area (Å²) >= 11 is 3.21. The molecule has 0 aliphatic rings. The Labute approximate surface area is 130 Å². The van der Waals surface area contributed by atoms with Crippen molar-refractivity contribution in [3.8, 4) is 11.1 Å². The van der Waals surface area contributed by atoms with Gasteiger partial charge in [-0.2, -0.15) is 5.10 Å². The SMILES string of the molecule is CC(c1ccncc1)n1cc(-c2cccc(Br)c2F)cn1. The predicted molar refractivity (Wildman–Crippen MR) is 83.4 cm³/mol. The van der Waals surface area contributed by atoms with Crippen molar-refractivity contribution < 1.29 is 4.39 Å². The number of aromatic nitrogens is 3. The highest BCUT2D eigenvalue weighted by Crippen LogP contribution is 2.28. The molecule has 21 heavy (non-hydrogen) atoms. The van der Waals surface area contributed by atoms with Gasteiger partial charge in [-0.25, -0.2) is 4.39 Å². The summed E-state index contributed by atoms with van der Waals surface area (Å²) in [6.45, 7) is 2.05. The lowest BCUT2D eigenvalue weighted by Crippen LogP contribution is -2.06. The fourth-order valence-electron chi connectivity index (χ4n) is 2.21. The highest BCUT2D eigenvalue weighted by Gasteiger charge is 2.13. The van der Waals surface area contributed by atoms with Crippen LogP contribution in [0.3, 0.4) is 0 Å². The molecule has 0 spiro atoms. The molecule has 1 aromatic carbocycles. The van der Waals surface area contributed by atoms with Crippen LogP contribution in [-0.4, -0.2) is 14.8 Å². The molecule has 1 atom stereocenters. The Morgan fingerprint density at radius 3 is 2.71 bits per heavy atom. The van der Waals surface area contributed by atoms with Gasteiger partial charge in [-0.3, -0.25) is 9.67 Å². The van der Waals surface area contributed by atoms with Crippen molar-refractivity contribution in [3.63, 3.8) is 0 Å². The Hall–Kier alpha value is -2.01. The highest BCUT2D eigenvalue weighted by atomic mass is 79.9. The molecule has 106 valence electrons. The minimum Gasteiger partial charge on any atom is -0.265 e. The van der Waals surface area contributed by atoms with Gasteiger partial charge in [-0.1, -0.05) is 12.1 Å². The van der Waals surface area contributed by atoms with Crippen LogP contribution >= 0.6 is 15.9 Å². The lowest BCUT2D eigenvalue weighted by molar-refractivity contribution is 0.564. The topological polar surface area (TPSA) is 30.7 Å². The molecule has 1 unspecified atom stereocenters. The quantitative estimate of drug-likeness (QED) is 0.701. The third-order valence-corrected chi connectivity index (χ3v) is 4.06. The van der Waals surface area contributed by atoms with Crippen LogP contribution in [0.25, 0.3) is 11.1 Å². The monoisotopic (exact) mass is 345 g/mol. The van der Waals surface area contributed by atoms with Crippen LogP contribution in [0.5, 0.6) is 0 Å². The van der Waals surface area contributed by atoms with Crippen LogP contribution in [-0.2, 0) is 0 Å². The van der Waals surface area contributed by atoms with E-state index < -0.39 is 0 Å². The summed E-state index contributed by atoms with van der Waals surface area (Å²) in [7, 11) is 0. The molecular weight excluding hydrogens is 333 g/mol. The maximum absolute atomic E-state index is 14.1. The van der Waals surface area contributed by atoms with E-state index in [0.717, 1.165) is 11.1 Å². The molecule has 0 saturated carbocycles. The smallest absolute Gasteiger partial charge is 0.145 e. The first-order valence-corrected chi connectivity index (χ1v) is 7.34. The minimum atomic E-state index is -0.270. The van der Waals surface area contributed by atoms with E-state index in [1.807, 2.05) is 36.0 Å². The number of hydrogen-bond donors (Lipinski definition) is 0. The molecule has 0 aliphatic heterocycles. The van der Waals surface area contributed by atoms with Crippen LogP contribution in [0.2, 0.25) is 0 Å². The maximum atomic E-state index is 14.1. The van der Waals surface area contributed by atoms with Gasteiger partial charge in [-0.05, 0) is 46.6 Å². The van der Waals surface area contributed by atoms with Gasteiger partial charge in [-0.15, -0.1) is 0 Å². The van der Waals surface area contributed by atoms with Crippen molar-refractivity contribution in [3.05, 3.63) is 71.0 Å². The molecule has 0 radical (unpaired) electrons. The first-order valence-electron chi connectivity index (χ1n) is 6.55. The predicted octanol–water partition coefficient (Wildman–Crippen LogP) is 4.46. The summed E-state index contributed by atoms with van der Waals surface area (Å²) in [5.74, 6) is -0.270. The second kappa shape index (κ2) is 5.77. The summed E-state index contributed by atoms with van der Waals surface area (Å²) in [5, 5.41) is 4.35. The molecule has 3 rings (SSSR count). The van der Waals surface area contributed by atoms with E-state index in [1.165, 1.54) is 0 Å². The summed E-state index contributed by atoms with van der Waals surface area (Å²) in [6, 6.07) is 9.21. The van der Waals surface area contributed by atoms with E-state index in [-0.39, 0.29) is 11.9 Å². The third kappa shape index (κ3) is 2.74. The zero-order chi connectivity index (χ0) is 14.8. The largest absolute Gasteiger partial charge is 0.265 e. The van der Waals surface area contributed by atoms with Crippen LogP contribution in [0.15, 0.2) is 59.6 Å². The maximum Gasteiger partial charge on any atom is 0.145 e. The fraction of sp³-hybridized carbons (Fsp3) is 0.125. The van der Waals surface area contributed by atoms with Crippen molar-refractivity contribution in [2.24, 2.45) is 0 Å². The lowest BCUT2D eigenvalue weighted by atomic mass is 10.1. The molecule has 5 heteroatoms. The summed E-state index contributed by atoms with van der Waals surface area (Å²) in [6.07, 6.45) is 7.05. The lowest BCUT2D eigenvalue weighted by Gasteiger charge is -2.11. The van der Waals surface area contributed by atoms with Gasteiger partial charge in [0.25, 0.3) is 0 Å². The van der Waals surface area contributed by atoms with Gasteiger partial charge in [0.1, 0.15) is 5.82 Å². The van der Waals surface area contributed by atoms with E-state index in [9.17, 15) is 4.39 Å². The van der Waals surface area contributed by atoms with Gasteiger partial charge >= 0.3 is 0 Å². The Morgan fingerprint density at radius 2 is 1.95 bits per heavy atom. The van der Waals surface area contributed by atoms with Crippen LogP contribution in [0.4, 0.5) is 4.39 Å². The van der Waals surface area contributed by atoms with E-state index in [0.29, 0.717) is 10.0 Å². The number of rotatable bonds is 3. The Morgan fingerprint density at radius 1 is 1.19 bits per heavy atom. The summed E-state index contributed by atoms with van der Waals surface area (Å²) < 4.78 is 16.4. The van der Waals surface area contributed by atoms with Gasteiger partial charge in [0.05, 0.1) is 16.7 Å². The average molecular weight is 346 g/mol. The number of pyridine rings is 1. The molecule has 0 N–H and O–H groups in total. The molecule has 2 aromatic heterocycles. The molecule has 0 aliphatic carbocycles. The Balaban J connectivity index is 1.95. The number of nitrogens with zero attached hydrogens (tertiary/aromatic N) is 3. The van der Waals surface area contributed by atoms with Gasteiger partial charge in [0.15, 0.2) is 0 Å². The fourth-order valence-corrected chi connectivity index (χ4v) is 2.58. The summed E-state index contributed by atoms with van der Waals surface area (Å²) in [5.41, 5.74) is 2.40. The average Bonchev–Trinajstić information content (AvgIpc) is 3.00. The Bertz CT molecular complexity index is 755. The zero-order valence-electron chi connectivity index (χ0n) is 11.4. The molecule has 3 aromatic rings. The van der Waals surface area contributed by atoms with Crippen LogP contribution in [0.1, 0.15) is 18.5 Å². The standard InChI is InChI=1S/C16H13BrFN3/c1-11(12-5-7-19-8-6-12)21-10-13(9-20-21)14-3-2-4-15(17)16(14)18/h2-11H,1H3. The number of halogens is 2. The molecule has 0 amide bonds. The molecule has 0 bridgehead atoms. The van der Waals surface area contributed by atoms with Crippen molar-refractivity contribution in [2.45, 2.75) is 13.0 Å². The molecule has 0 fully saturated rings. The van der Waals surface area contributed by atoms with E-state index in [1.54, 1.807) is 30.7 Å². The number of hydrogen-bond acceptors (Lipinski definition) is 2. The van der Waals surface area contributed by atoms with Crippen LogP contribution < -0.4 is 0 Å².